The first-order valence-electron chi connectivity index (χ1n) is 7.45. The molecule has 0 bridgehead atoms. The van der Waals surface area contributed by atoms with Gasteiger partial charge >= 0.3 is 0 Å². The number of hydrogen-bond donors (Lipinski definition) is 1. The third-order valence-electron chi connectivity index (χ3n) is 4.44. The fourth-order valence-corrected chi connectivity index (χ4v) is 4.79. The Morgan fingerprint density at radius 1 is 1.20 bits per heavy atom. The van der Waals surface area contributed by atoms with Crippen LogP contribution in [0.2, 0.25) is 0 Å². The Hall–Kier alpha value is -0.870. The fraction of sp³-hybridized carbons (Fsp3) is 0.625. The lowest BCUT2D eigenvalue weighted by atomic mass is 9.95. The van der Waals surface area contributed by atoms with Gasteiger partial charge in [0.05, 0.1) is 17.1 Å². The van der Waals surface area contributed by atoms with Gasteiger partial charge in [0.25, 0.3) is 0 Å². The molecule has 1 saturated heterocycles. The summed E-state index contributed by atoms with van der Waals surface area (Å²) < 4.78 is 24.1. The molecule has 0 amide bonds. The van der Waals surface area contributed by atoms with E-state index < -0.39 is 21.2 Å². The summed E-state index contributed by atoms with van der Waals surface area (Å²) in [5, 5.41) is 9.75. The Morgan fingerprint density at radius 3 is 2.35 bits per heavy atom. The highest BCUT2D eigenvalue weighted by Crippen LogP contribution is 2.31. The summed E-state index contributed by atoms with van der Waals surface area (Å²) >= 11 is 0. The minimum Gasteiger partial charge on any atom is -0.387 e. The van der Waals surface area contributed by atoms with Crippen molar-refractivity contribution in [2.24, 2.45) is 0 Å². The van der Waals surface area contributed by atoms with Crippen molar-refractivity contribution in [1.29, 1.82) is 0 Å². The van der Waals surface area contributed by atoms with Gasteiger partial charge in [-0.3, -0.25) is 0 Å². The molecule has 0 radical (unpaired) electrons. The van der Waals surface area contributed by atoms with Crippen LogP contribution >= 0.6 is 0 Å². The van der Waals surface area contributed by atoms with Crippen LogP contribution < -0.4 is 0 Å². The second-order valence-electron chi connectivity index (χ2n) is 5.82. The van der Waals surface area contributed by atoms with Crippen LogP contribution in [0.3, 0.4) is 0 Å². The maximum absolute atomic E-state index is 12.1. The standard InChI is InChI=1S/C16H24O3S/c1-3-12(2)13-7-9-14(10-8-13)16(17)15-6-4-5-11-20(15,18)19/h7-10,12,15-17H,3-6,11H2,1-2H3. The second-order valence-corrected chi connectivity index (χ2v) is 8.16. The van der Waals surface area contributed by atoms with Crippen LogP contribution in [0.25, 0.3) is 0 Å². The van der Waals surface area contributed by atoms with E-state index in [1.165, 1.54) is 5.56 Å². The zero-order valence-corrected chi connectivity index (χ0v) is 13.1. The van der Waals surface area contributed by atoms with Crippen LogP contribution in [0.1, 0.15) is 62.7 Å². The summed E-state index contributed by atoms with van der Waals surface area (Å²) in [4.78, 5) is 0. The molecular formula is C16H24O3S. The molecule has 1 aromatic rings. The van der Waals surface area contributed by atoms with E-state index in [0.29, 0.717) is 17.9 Å². The fourth-order valence-electron chi connectivity index (χ4n) is 2.81. The maximum atomic E-state index is 12.1. The summed E-state index contributed by atoms with van der Waals surface area (Å²) in [5.74, 6) is 0.694. The van der Waals surface area contributed by atoms with Gasteiger partial charge < -0.3 is 5.11 Å². The normalized spacial score (nSPS) is 25.1. The number of rotatable bonds is 4. The molecule has 1 aromatic carbocycles. The van der Waals surface area contributed by atoms with Gasteiger partial charge in [-0.05, 0) is 36.3 Å². The quantitative estimate of drug-likeness (QED) is 0.928. The predicted molar refractivity (Wildman–Crippen MR) is 81.5 cm³/mol. The molecule has 0 spiro atoms. The molecule has 2 rings (SSSR count). The molecule has 1 heterocycles. The molecule has 20 heavy (non-hydrogen) atoms. The average Bonchev–Trinajstić information content (AvgIpc) is 2.45. The van der Waals surface area contributed by atoms with Gasteiger partial charge in [0, 0.05) is 0 Å². The third kappa shape index (κ3) is 3.23. The van der Waals surface area contributed by atoms with Gasteiger partial charge in [0.15, 0.2) is 9.84 Å². The molecule has 112 valence electrons. The highest BCUT2D eigenvalue weighted by Gasteiger charge is 2.35. The smallest absolute Gasteiger partial charge is 0.156 e. The minimum absolute atomic E-state index is 0.208. The summed E-state index contributed by atoms with van der Waals surface area (Å²) in [6, 6.07) is 7.75. The Labute approximate surface area is 121 Å². The van der Waals surface area contributed by atoms with Crippen LogP contribution in [0, 0.1) is 0 Å². The van der Waals surface area contributed by atoms with E-state index in [-0.39, 0.29) is 5.75 Å². The van der Waals surface area contributed by atoms with Crippen molar-refractivity contribution in [2.75, 3.05) is 5.75 Å². The van der Waals surface area contributed by atoms with Gasteiger partial charge in [-0.15, -0.1) is 0 Å². The maximum Gasteiger partial charge on any atom is 0.156 e. The lowest BCUT2D eigenvalue weighted by Gasteiger charge is -2.27. The first-order chi connectivity index (χ1) is 9.45. The summed E-state index contributed by atoms with van der Waals surface area (Å²) in [7, 11) is -3.15. The molecule has 1 aliphatic heterocycles. The van der Waals surface area contributed by atoms with Crippen molar-refractivity contribution in [3.8, 4) is 0 Å². The number of hydrogen-bond acceptors (Lipinski definition) is 3. The Morgan fingerprint density at radius 2 is 1.80 bits per heavy atom. The molecule has 0 aromatic heterocycles. The zero-order chi connectivity index (χ0) is 14.8. The van der Waals surface area contributed by atoms with Gasteiger partial charge in [-0.1, -0.05) is 44.5 Å². The highest BCUT2D eigenvalue weighted by atomic mass is 32.2. The third-order valence-corrected chi connectivity index (χ3v) is 6.71. The first kappa shape index (κ1) is 15.5. The molecule has 3 unspecified atom stereocenters. The summed E-state index contributed by atoms with van der Waals surface area (Å²) in [6.07, 6.45) is 2.34. The Kier molecular flexibility index (Phi) is 4.86. The SMILES string of the molecule is CCC(C)c1ccc(C(O)C2CCCCS2(=O)=O)cc1. The molecule has 1 aliphatic rings. The number of sulfone groups is 1. The Bertz CT molecular complexity index is 533. The first-order valence-corrected chi connectivity index (χ1v) is 9.16. The molecule has 1 N–H and O–H groups in total. The van der Waals surface area contributed by atoms with Crippen molar-refractivity contribution < 1.29 is 13.5 Å². The molecule has 0 saturated carbocycles. The van der Waals surface area contributed by atoms with E-state index in [9.17, 15) is 13.5 Å². The van der Waals surface area contributed by atoms with Crippen LogP contribution in [-0.4, -0.2) is 24.5 Å². The summed E-state index contributed by atoms with van der Waals surface area (Å²) in [5.41, 5.74) is 1.95. The Balaban J connectivity index is 2.18. The molecule has 1 fully saturated rings. The van der Waals surface area contributed by atoms with Crippen molar-refractivity contribution in [2.45, 2.75) is 56.8 Å². The lowest BCUT2D eigenvalue weighted by Crippen LogP contribution is -2.33. The van der Waals surface area contributed by atoms with E-state index >= 15 is 0 Å². The van der Waals surface area contributed by atoms with E-state index in [1.807, 2.05) is 24.3 Å². The minimum atomic E-state index is -3.15. The molecular weight excluding hydrogens is 272 g/mol. The van der Waals surface area contributed by atoms with Crippen LogP contribution in [0.15, 0.2) is 24.3 Å². The van der Waals surface area contributed by atoms with E-state index in [0.717, 1.165) is 19.3 Å². The molecule has 3 atom stereocenters. The van der Waals surface area contributed by atoms with E-state index in [2.05, 4.69) is 13.8 Å². The van der Waals surface area contributed by atoms with Gasteiger partial charge in [0.2, 0.25) is 0 Å². The molecule has 3 nitrogen and oxygen atoms in total. The average molecular weight is 296 g/mol. The second kappa shape index (κ2) is 6.27. The van der Waals surface area contributed by atoms with Crippen molar-refractivity contribution in [1.82, 2.24) is 0 Å². The zero-order valence-electron chi connectivity index (χ0n) is 12.2. The van der Waals surface area contributed by atoms with Crippen LogP contribution in [0.4, 0.5) is 0 Å². The summed E-state index contributed by atoms with van der Waals surface area (Å²) in [6.45, 7) is 4.30. The largest absolute Gasteiger partial charge is 0.387 e. The van der Waals surface area contributed by atoms with Crippen molar-refractivity contribution >= 4 is 9.84 Å². The van der Waals surface area contributed by atoms with Crippen molar-refractivity contribution in [3.05, 3.63) is 35.4 Å². The number of benzene rings is 1. The predicted octanol–water partition coefficient (Wildman–Crippen LogP) is 3.20. The van der Waals surface area contributed by atoms with Crippen LogP contribution in [0.5, 0.6) is 0 Å². The molecule has 4 heteroatoms. The van der Waals surface area contributed by atoms with E-state index in [1.54, 1.807) is 0 Å². The van der Waals surface area contributed by atoms with Gasteiger partial charge in [-0.2, -0.15) is 0 Å². The highest BCUT2D eigenvalue weighted by molar-refractivity contribution is 7.92. The lowest BCUT2D eigenvalue weighted by molar-refractivity contribution is 0.164. The van der Waals surface area contributed by atoms with Crippen LogP contribution in [-0.2, 0) is 9.84 Å². The number of aliphatic hydroxyl groups is 1. The monoisotopic (exact) mass is 296 g/mol. The van der Waals surface area contributed by atoms with E-state index in [4.69, 9.17) is 0 Å². The number of aliphatic hydroxyl groups excluding tert-OH is 1. The van der Waals surface area contributed by atoms with Crippen molar-refractivity contribution in [3.63, 3.8) is 0 Å². The van der Waals surface area contributed by atoms with Gasteiger partial charge in [0.1, 0.15) is 0 Å². The van der Waals surface area contributed by atoms with Gasteiger partial charge in [-0.25, -0.2) is 8.42 Å². The molecule has 0 aliphatic carbocycles. The topological polar surface area (TPSA) is 54.4 Å².